The zero-order chi connectivity index (χ0) is 13.7. The molecule has 0 spiro atoms. The highest BCUT2D eigenvalue weighted by molar-refractivity contribution is 5.94. The molecule has 0 unspecified atom stereocenters. The first-order valence-electron chi connectivity index (χ1n) is 5.42. The number of nitrogens with zero attached hydrogens (tertiary/aromatic N) is 2. The van der Waals surface area contributed by atoms with Crippen molar-refractivity contribution in [2.24, 2.45) is 5.10 Å². The molecular formula is C13H11N3O3. The lowest BCUT2D eigenvalue weighted by atomic mass is 10.2. The van der Waals surface area contributed by atoms with Gasteiger partial charge in [0.05, 0.1) is 6.21 Å². The molecule has 1 heterocycles. The van der Waals surface area contributed by atoms with Crippen LogP contribution in [0.4, 0.5) is 0 Å². The number of carbonyl (C=O) groups excluding carboxylic acids is 1. The Balaban J connectivity index is 2.00. The fourth-order valence-electron chi connectivity index (χ4n) is 1.35. The SMILES string of the molecule is O=C(NN=Cc1ccc(O)c(O)c1)c1ccncc1. The summed E-state index contributed by atoms with van der Waals surface area (Å²) in [5.74, 6) is -0.816. The highest BCUT2D eigenvalue weighted by Crippen LogP contribution is 2.23. The molecular weight excluding hydrogens is 246 g/mol. The molecule has 0 bridgehead atoms. The largest absolute Gasteiger partial charge is 0.504 e. The quantitative estimate of drug-likeness (QED) is 0.438. The molecule has 6 nitrogen and oxygen atoms in total. The molecule has 1 aromatic heterocycles. The molecule has 2 aromatic rings. The van der Waals surface area contributed by atoms with Crippen molar-refractivity contribution in [1.29, 1.82) is 0 Å². The van der Waals surface area contributed by atoms with E-state index in [1.54, 1.807) is 18.2 Å². The number of pyridine rings is 1. The molecule has 0 radical (unpaired) electrons. The number of hydrogen-bond acceptors (Lipinski definition) is 5. The predicted molar refractivity (Wildman–Crippen MR) is 69.1 cm³/mol. The van der Waals surface area contributed by atoms with Gasteiger partial charge < -0.3 is 10.2 Å². The van der Waals surface area contributed by atoms with Crippen LogP contribution in [-0.4, -0.2) is 27.3 Å². The number of amides is 1. The summed E-state index contributed by atoms with van der Waals surface area (Å²) < 4.78 is 0. The third kappa shape index (κ3) is 3.29. The standard InChI is InChI=1S/C13H11N3O3/c17-11-2-1-9(7-12(11)18)8-15-16-13(19)10-3-5-14-6-4-10/h1-8,17-18H,(H,16,19). The van der Waals surface area contributed by atoms with Gasteiger partial charge in [0.1, 0.15) is 0 Å². The number of hydrazone groups is 1. The van der Waals surface area contributed by atoms with Crippen LogP contribution < -0.4 is 5.43 Å². The highest BCUT2D eigenvalue weighted by Gasteiger charge is 2.02. The zero-order valence-corrected chi connectivity index (χ0v) is 9.82. The van der Waals surface area contributed by atoms with Crippen LogP contribution in [0.25, 0.3) is 0 Å². The molecule has 3 N–H and O–H groups in total. The van der Waals surface area contributed by atoms with Crippen LogP contribution in [0.5, 0.6) is 11.5 Å². The summed E-state index contributed by atoms with van der Waals surface area (Å²) >= 11 is 0. The molecule has 0 aliphatic carbocycles. The molecule has 96 valence electrons. The van der Waals surface area contributed by atoms with Crippen LogP contribution >= 0.6 is 0 Å². The maximum absolute atomic E-state index is 11.6. The number of rotatable bonds is 3. The first-order chi connectivity index (χ1) is 9.16. The molecule has 0 fully saturated rings. The van der Waals surface area contributed by atoms with Crippen molar-refractivity contribution in [3.63, 3.8) is 0 Å². The third-order valence-electron chi connectivity index (χ3n) is 2.32. The Hall–Kier alpha value is -2.89. The second kappa shape index (κ2) is 5.63. The average Bonchev–Trinajstić information content (AvgIpc) is 2.43. The second-order valence-corrected chi connectivity index (χ2v) is 3.68. The first-order valence-corrected chi connectivity index (χ1v) is 5.42. The highest BCUT2D eigenvalue weighted by atomic mass is 16.3. The topological polar surface area (TPSA) is 94.8 Å². The first kappa shape index (κ1) is 12.6. The fourth-order valence-corrected chi connectivity index (χ4v) is 1.35. The van der Waals surface area contributed by atoms with Gasteiger partial charge in [-0.2, -0.15) is 5.10 Å². The molecule has 0 atom stereocenters. The van der Waals surface area contributed by atoms with Crippen molar-refractivity contribution in [3.05, 3.63) is 53.9 Å². The van der Waals surface area contributed by atoms with Crippen molar-refractivity contribution in [2.75, 3.05) is 0 Å². The molecule has 0 aliphatic rings. The van der Waals surface area contributed by atoms with Gasteiger partial charge >= 0.3 is 0 Å². The van der Waals surface area contributed by atoms with Gasteiger partial charge in [0.25, 0.3) is 5.91 Å². The minimum absolute atomic E-state index is 0.210. The van der Waals surface area contributed by atoms with E-state index in [9.17, 15) is 9.90 Å². The van der Waals surface area contributed by atoms with E-state index in [-0.39, 0.29) is 17.4 Å². The van der Waals surface area contributed by atoms with Crippen molar-refractivity contribution in [1.82, 2.24) is 10.4 Å². The number of nitrogens with one attached hydrogen (secondary N) is 1. The van der Waals surface area contributed by atoms with Gasteiger partial charge in [0, 0.05) is 18.0 Å². The Labute approximate surface area is 109 Å². The minimum Gasteiger partial charge on any atom is -0.504 e. The normalized spacial score (nSPS) is 10.5. The summed E-state index contributed by atoms with van der Waals surface area (Å²) in [6.07, 6.45) is 4.38. The Bertz CT molecular complexity index is 612. The molecule has 0 aliphatic heterocycles. The Kier molecular flexibility index (Phi) is 3.72. The van der Waals surface area contributed by atoms with Gasteiger partial charge in [-0.1, -0.05) is 0 Å². The van der Waals surface area contributed by atoms with Gasteiger partial charge in [0.15, 0.2) is 11.5 Å². The number of phenolic OH excluding ortho intramolecular Hbond substituents is 2. The molecule has 2 rings (SSSR count). The second-order valence-electron chi connectivity index (χ2n) is 3.68. The molecule has 1 amide bonds. The van der Waals surface area contributed by atoms with E-state index in [2.05, 4.69) is 15.5 Å². The van der Waals surface area contributed by atoms with Gasteiger partial charge in [-0.3, -0.25) is 9.78 Å². The number of aromatic nitrogens is 1. The smallest absolute Gasteiger partial charge is 0.271 e. The zero-order valence-electron chi connectivity index (χ0n) is 9.82. The Morgan fingerprint density at radius 1 is 1.16 bits per heavy atom. The third-order valence-corrected chi connectivity index (χ3v) is 2.32. The van der Waals surface area contributed by atoms with E-state index in [0.29, 0.717) is 11.1 Å². The molecule has 0 saturated carbocycles. The lowest BCUT2D eigenvalue weighted by Crippen LogP contribution is -2.17. The number of aromatic hydroxyl groups is 2. The summed E-state index contributed by atoms with van der Waals surface area (Å²) in [7, 11) is 0. The Morgan fingerprint density at radius 2 is 1.89 bits per heavy atom. The average molecular weight is 257 g/mol. The van der Waals surface area contributed by atoms with E-state index >= 15 is 0 Å². The van der Waals surface area contributed by atoms with Crippen molar-refractivity contribution >= 4 is 12.1 Å². The minimum atomic E-state index is -0.360. The summed E-state index contributed by atoms with van der Waals surface area (Å²) in [5, 5.41) is 22.2. The van der Waals surface area contributed by atoms with Gasteiger partial charge in [-0.25, -0.2) is 5.43 Å². The number of phenols is 2. The molecule has 19 heavy (non-hydrogen) atoms. The number of hydrogen-bond donors (Lipinski definition) is 3. The van der Waals surface area contributed by atoms with E-state index in [4.69, 9.17) is 5.11 Å². The maximum atomic E-state index is 11.6. The van der Waals surface area contributed by atoms with Crippen molar-refractivity contribution in [2.45, 2.75) is 0 Å². The van der Waals surface area contributed by atoms with Crippen molar-refractivity contribution in [3.8, 4) is 11.5 Å². The fraction of sp³-hybridized carbons (Fsp3) is 0. The van der Waals surface area contributed by atoms with Crippen LogP contribution in [0.3, 0.4) is 0 Å². The predicted octanol–water partition coefficient (Wildman–Crippen LogP) is 1.26. The van der Waals surface area contributed by atoms with Gasteiger partial charge in [-0.05, 0) is 35.9 Å². The lowest BCUT2D eigenvalue weighted by Gasteiger charge is -2.00. The Morgan fingerprint density at radius 3 is 2.58 bits per heavy atom. The van der Waals surface area contributed by atoms with E-state index in [1.807, 2.05) is 0 Å². The van der Waals surface area contributed by atoms with E-state index in [1.165, 1.54) is 30.7 Å². The van der Waals surface area contributed by atoms with Gasteiger partial charge in [0.2, 0.25) is 0 Å². The summed E-state index contributed by atoms with van der Waals surface area (Å²) in [4.78, 5) is 15.4. The number of benzene rings is 1. The summed E-state index contributed by atoms with van der Waals surface area (Å²) in [6, 6.07) is 7.35. The monoisotopic (exact) mass is 257 g/mol. The molecule has 0 saturated heterocycles. The molecule has 6 heteroatoms. The van der Waals surface area contributed by atoms with Crippen LogP contribution in [0.2, 0.25) is 0 Å². The van der Waals surface area contributed by atoms with Crippen LogP contribution in [0.1, 0.15) is 15.9 Å². The van der Waals surface area contributed by atoms with Crippen LogP contribution in [-0.2, 0) is 0 Å². The van der Waals surface area contributed by atoms with Crippen LogP contribution in [0.15, 0.2) is 47.8 Å². The van der Waals surface area contributed by atoms with Gasteiger partial charge in [-0.15, -0.1) is 0 Å². The summed E-state index contributed by atoms with van der Waals surface area (Å²) in [6.45, 7) is 0. The van der Waals surface area contributed by atoms with E-state index in [0.717, 1.165) is 0 Å². The van der Waals surface area contributed by atoms with Crippen LogP contribution in [0, 0.1) is 0 Å². The van der Waals surface area contributed by atoms with E-state index < -0.39 is 0 Å². The summed E-state index contributed by atoms with van der Waals surface area (Å²) in [5.41, 5.74) is 3.33. The maximum Gasteiger partial charge on any atom is 0.271 e. The van der Waals surface area contributed by atoms with Crippen molar-refractivity contribution < 1.29 is 15.0 Å². The lowest BCUT2D eigenvalue weighted by molar-refractivity contribution is 0.0955. The molecule has 1 aromatic carbocycles. The number of carbonyl (C=O) groups is 1.